The molecule has 0 fully saturated rings. The molecule has 4 heteroatoms. The van der Waals surface area contributed by atoms with Crippen LogP contribution in [0.15, 0.2) is 47.4 Å². The molecule has 1 aromatic heterocycles. The molecule has 0 atom stereocenters. The summed E-state index contributed by atoms with van der Waals surface area (Å²) in [5.41, 5.74) is 1.11. The van der Waals surface area contributed by atoms with Crippen LogP contribution in [0.4, 0.5) is 4.39 Å². The Hall–Kier alpha value is -1.94. The fourth-order valence-corrected chi connectivity index (χ4v) is 1.62. The third kappa shape index (κ3) is 2.60. The monoisotopic (exact) mass is 233 g/mol. The maximum Gasteiger partial charge on any atom is 0.255 e. The first-order valence-corrected chi connectivity index (χ1v) is 5.17. The van der Waals surface area contributed by atoms with Crippen molar-refractivity contribution in [2.24, 2.45) is 0 Å². The van der Waals surface area contributed by atoms with Gasteiger partial charge in [-0.2, -0.15) is 0 Å². The second-order valence-corrected chi connectivity index (χ2v) is 3.66. The van der Waals surface area contributed by atoms with Crippen molar-refractivity contribution in [2.75, 3.05) is 7.11 Å². The van der Waals surface area contributed by atoms with Gasteiger partial charge in [0, 0.05) is 19.4 Å². The normalized spacial score (nSPS) is 10.5. The van der Waals surface area contributed by atoms with Crippen molar-refractivity contribution in [3.8, 4) is 5.69 Å². The first-order valence-electron chi connectivity index (χ1n) is 5.17. The predicted octanol–water partition coefficient (Wildman–Crippen LogP) is 2.12. The minimum absolute atomic E-state index is 0.204. The Kier molecular flexibility index (Phi) is 3.35. The lowest BCUT2D eigenvalue weighted by Gasteiger charge is -2.06. The minimum Gasteiger partial charge on any atom is -0.380 e. The third-order valence-electron chi connectivity index (χ3n) is 2.38. The van der Waals surface area contributed by atoms with Crippen LogP contribution in [0, 0.1) is 5.82 Å². The van der Waals surface area contributed by atoms with E-state index < -0.39 is 0 Å². The quantitative estimate of drug-likeness (QED) is 0.813. The number of ether oxygens (including phenoxy) is 1. The van der Waals surface area contributed by atoms with Crippen LogP contribution in [0.2, 0.25) is 0 Å². The summed E-state index contributed by atoms with van der Waals surface area (Å²) in [7, 11) is 1.57. The number of pyridine rings is 1. The van der Waals surface area contributed by atoms with Gasteiger partial charge in [0.05, 0.1) is 12.3 Å². The molecule has 0 saturated carbocycles. The number of hydrogen-bond donors (Lipinski definition) is 0. The van der Waals surface area contributed by atoms with Crippen LogP contribution in [0.25, 0.3) is 5.69 Å². The Balaban J connectivity index is 2.43. The van der Waals surface area contributed by atoms with Gasteiger partial charge in [-0.1, -0.05) is 6.07 Å². The summed E-state index contributed by atoms with van der Waals surface area (Å²) in [5, 5.41) is 0. The molecular formula is C13H12FNO2. The van der Waals surface area contributed by atoms with Gasteiger partial charge in [0.2, 0.25) is 0 Å². The van der Waals surface area contributed by atoms with Crippen LogP contribution in [0.5, 0.6) is 0 Å². The highest BCUT2D eigenvalue weighted by Crippen LogP contribution is 2.08. The molecule has 0 N–H and O–H groups in total. The van der Waals surface area contributed by atoms with Crippen molar-refractivity contribution in [1.29, 1.82) is 0 Å². The fourth-order valence-electron chi connectivity index (χ4n) is 1.62. The Labute approximate surface area is 98.1 Å². The number of rotatable bonds is 3. The van der Waals surface area contributed by atoms with E-state index >= 15 is 0 Å². The van der Waals surface area contributed by atoms with Crippen LogP contribution in [-0.4, -0.2) is 11.7 Å². The molecule has 2 rings (SSSR count). The zero-order valence-corrected chi connectivity index (χ0v) is 9.39. The second-order valence-electron chi connectivity index (χ2n) is 3.66. The van der Waals surface area contributed by atoms with Gasteiger partial charge in [-0.3, -0.25) is 9.36 Å². The molecule has 0 aliphatic rings. The van der Waals surface area contributed by atoms with Gasteiger partial charge in [-0.05, 0) is 29.8 Å². The summed E-state index contributed by atoms with van der Waals surface area (Å²) in [6, 6.07) is 9.16. The van der Waals surface area contributed by atoms with E-state index in [1.807, 2.05) is 0 Å². The van der Waals surface area contributed by atoms with Crippen LogP contribution in [-0.2, 0) is 11.3 Å². The van der Waals surface area contributed by atoms with Crippen molar-refractivity contribution >= 4 is 0 Å². The number of halogens is 1. The lowest BCUT2D eigenvalue weighted by molar-refractivity contribution is 0.184. The minimum atomic E-state index is -0.365. The Bertz CT molecular complexity index is 578. The highest BCUT2D eigenvalue weighted by Gasteiger charge is 2.02. The van der Waals surface area contributed by atoms with E-state index in [2.05, 4.69) is 0 Å². The summed E-state index contributed by atoms with van der Waals surface area (Å²) in [6.45, 7) is 0.388. The maximum absolute atomic E-state index is 13.0. The first kappa shape index (κ1) is 11.5. The lowest BCUT2D eigenvalue weighted by atomic mass is 10.2. The molecule has 1 aromatic carbocycles. The van der Waals surface area contributed by atoms with Crippen molar-refractivity contribution in [3.05, 3.63) is 64.3 Å². The molecule has 0 aliphatic heterocycles. The molecule has 0 spiro atoms. The van der Waals surface area contributed by atoms with E-state index in [-0.39, 0.29) is 11.4 Å². The lowest BCUT2D eigenvalue weighted by Crippen LogP contribution is -2.17. The molecule has 0 aliphatic carbocycles. The van der Waals surface area contributed by atoms with Gasteiger partial charge in [-0.25, -0.2) is 4.39 Å². The summed E-state index contributed by atoms with van der Waals surface area (Å²) in [6.07, 6.45) is 1.62. The number of hydrogen-bond acceptors (Lipinski definition) is 2. The Morgan fingerprint density at radius 1 is 1.29 bits per heavy atom. The average molecular weight is 233 g/mol. The molecule has 0 bridgehead atoms. The van der Waals surface area contributed by atoms with Crippen LogP contribution < -0.4 is 5.56 Å². The van der Waals surface area contributed by atoms with Crippen LogP contribution >= 0.6 is 0 Å². The molecule has 1 heterocycles. The van der Waals surface area contributed by atoms with E-state index in [1.54, 1.807) is 31.5 Å². The molecule has 2 aromatic rings. The smallest absolute Gasteiger partial charge is 0.255 e. The van der Waals surface area contributed by atoms with Crippen molar-refractivity contribution in [2.45, 2.75) is 6.61 Å². The zero-order valence-electron chi connectivity index (χ0n) is 9.39. The third-order valence-corrected chi connectivity index (χ3v) is 2.38. The van der Waals surface area contributed by atoms with E-state index in [9.17, 15) is 9.18 Å². The molecular weight excluding hydrogens is 221 g/mol. The summed E-state index contributed by atoms with van der Waals surface area (Å²) in [5.74, 6) is -0.365. The SMILES string of the molecule is COCc1ccn(-c2cccc(F)c2)c(=O)c1. The average Bonchev–Trinajstić information content (AvgIpc) is 2.29. The molecule has 0 amide bonds. The highest BCUT2D eigenvalue weighted by molar-refractivity contribution is 5.33. The number of benzene rings is 1. The van der Waals surface area contributed by atoms with E-state index in [0.29, 0.717) is 12.3 Å². The Morgan fingerprint density at radius 2 is 2.12 bits per heavy atom. The summed E-state index contributed by atoms with van der Waals surface area (Å²) < 4.78 is 19.4. The van der Waals surface area contributed by atoms with Gasteiger partial charge in [0.25, 0.3) is 5.56 Å². The molecule has 0 radical (unpaired) electrons. The number of aromatic nitrogens is 1. The van der Waals surface area contributed by atoms with Crippen LogP contribution in [0.3, 0.4) is 0 Å². The van der Waals surface area contributed by atoms with Gasteiger partial charge < -0.3 is 4.74 Å². The first-order chi connectivity index (χ1) is 8.20. The molecule has 3 nitrogen and oxygen atoms in total. The standard InChI is InChI=1S/C13H12FNO2/c1-17-9-10-5-6-15(13(16)7-10)12-4-2-3-11(14)8-12/h2-8H,9H2,1H3. The summed E-state index contributed by atoms with van der Waals surface area (Å²) in [4.78, 5) is 11.8. The van der Waals surface area contributed by atoms with E-state index in [1.165, 1.54) is 22.8 Å². The highest BCUT2D eigenvalue weighted by atomic mass is 19.1. The largest absolute Gasteiger partial charge is 0.380 e. The molecule has 17 heavy (non-hydrogen) atoms. The van der Waals surface area contributed by atoms with Gasteiger partial charge in [0.1, 0.15) is 5.82 Å². The second kappa shape index (κ2) is 4.93. The molecule has 0 unspecified atom stereocenters. The van der Waals surface area contributed by atoms with Gasteiger partial charge >= 0.3 is 0 Å². The predicted molar refractivity (Wildman–Crippen MR) is 62.7 cm³/mol. The Morgan fingerprint density at radius 3 is 2.76 bits per heavy atom. The molecule has 0 saturated heterocycles. The van der Waals surface area contributed by atoms with Crippen molar-refractivity contribution in [1.82, 2.24) is 4.57 Å². The maximum atomic E-state index is 13.0. The topological polar surface area (TPSA) is 31.2 Å². The molecule has 88 valence electrons. The zero-order chi connectivity index (χ0) is 12.3. The fraction of sp³-hybridized carbons (Fsp3) is 0.154. The van der Waals surface area contributed by atoms with Crippen LogP contribution in [0.1, 0.15) is 5.56 Å². The van der Waals surface area contributed by atoms with Gasteiger partial charge in [-0.15, -0.1) is 0 Å². The van der Waals surface area contributed by atoms with Gasteiger partial charge in [0.15, 0.2) is 0 Å². The number of nitrogens with zero attached hydrogens (tertiary/aromatic N) is 1. The van der Waals surface area contributed by atoms with E-state index in [4.69, 9.17) is 4.74 Å². The van der Waals surface area contributed by atoms with E-state index in [0.717, 1.165) is 5.56 Å². The summed E-state index contributed by atoms with van der Waals surface area (Å²) >= 11 is 0. The van der Waals surface area contributed by atoms with Crippen molar-refractivity contribution in [3.63, 3.8) is 0 Å². The van der Waals surface area contributed by atoms with Crippen molar-refractivity contribution < 1.29 is 9.13 Å². The number of methoxy groups -OCH3 is 1.